The smallest absolute Gasteiger partial charge is 0.217 e. The van der Waals surface area contributed by atoms with Gasteiger partial charge in [0.1, 0.15) is 11.5 Å². The molecule has 106 valence electrons. The lowest BCUT2D eigenvalue weighted by molar-refractivity contribution is -0.121. The summed E-state index contributed by atoms with van der Waals surface area (Å²) in [5.41, 5.74) is -0.737. The zero-order chi connectivity index (χ0) is 14.2. The van der Waals surface area contributed by atoms with Gasteiger partial charge in [0.05, 0.1) is 0 Å². The van der Waals surface area contributed by atoms with Crippen LogP contribution in [0.3, 0.4) is 0 Å². The summed E-state index contributed by atoms with van der Waals surface area (Å²) in [6, 6.07) is 0. The van der Waals surface area contributed by atoms with Gasteiger partial charge < -0.3 is 19.5 Å². The molecule has 1 amide bonds. The lowest BCUT2D eigenvalue weighted by atomic mass is 9.96. The van der Waals surface area contributed by atoms with Crippen molar-refractivity contribution in [1.29, 1.82) is 0 Å². The lowest BCUT2D eigenvalue weighted by Crippen LogP contribution is -2.52. The van der Waals surface area contributed by atoms with Crippen molar-refractivity contribution in [3.63, 3.8) is 0 Å². The molecule has 5 nitrogen and oxygen atoms in total. The first-order valence-electron chi connectivity index (χ1n) is 5.52. The molecule has 0 aliphatic heterocycles. The minimum atomic E-state index is -0.737. The van der Waals surface area contributed by atoms with Crippen molar-refractivity contribution in [2.45, 2.75) is 38.5 Å². The van der Waals surface area contributed by atoms with Gasteiger partial charge in [0.15, 0.2) is 11.3 Å². The van der Waals surface area contributed by atoms with E-state index in [-0.39, 0.29) is 18.1 Å². The van der Waals surface area contributed by atoms with Crippen molar-refractivity contribution < 1.29 is 19.0 Å². The number of nitrogens with one attached hydrogen (secondary N) is 1. The number of carbonyl (C=O) groups excluding carboxylic acids is 1. The molecular formula is C11H21NO4S2. The minimum absolute atomic E-state index is 0.172. The summed E-state index contributed by atoms with van der Waals surface area (Å²) in [4.78, 5) is 11.2. The summed E-state index contributed by atoms with van der Waals surface area (Å²) in [6.45, 7) is 3.24. The Morgan fingerprint density at radius 2 is 2.00 bits per heavy atom. The molecule has 0 heterocycles. The Morgan fingerprint density at radius 3 is 2.39 bits per heavy atom. The fourth-order valence-electron chi connectivity index (χ4n) is 1.56. The number of hydrogen-bond acceptors (Lipinski definition) is 6. The molecule has 0 spiro atoms. The van der Waals surface area contributed by atoms with Crippen LogP contribution in [0.5, 0.6) is 0 Å². The first-order valence-corrected chi connectivity index (χ1v) is 6.56. The van der Waals surface area contributed by atoms with E-state index in [1.807, 2.05) is 6.92 Å². The molecule has 7 heteroatoms. The highest BCUT2D eigenvalue weighted by Crippen LogP contribution is 2.19. The van der Waals surface area contributed by atoms with Crippen molar-refractivity contribution >= 4 is 35.8 Å². The molecular weight excluding hydrogens is 274 g/mol. The van der Waals surface area contributed by atoms with E-state index in [1.54, 1.807) is 14.2 Å². The van der Waals surface area contributed by atoms with Crippen LogP contribution >= 0.6 is 24.8 Å². The van der Waals surface area contributed by atoms with Crippen molar-refractivity contribution in [1.82, 2.24) is 5.32 Å². The number of methoxy groups -OCH3 is 2. The topological polar surface area (TPSA) is 56.8 Å². The zero-order valence-electron chi connectivity index (χ0n) is 11.2. The molecule has 0 aromatic rings. The highest BCUT2D eigenvalue weighted by molar-refractivity contribution is 7.81. The Morgan fingerprint density at radius 1 is 1.44 bits per heavy atom. The molecule has 0 aliphatic carbocycles. The number of rotatable bonds is 8. The van der Waals surface area contributed by atoms with Crippen LogP contribution in [0.15, 0.2) is 0 Å². The van der Waals surface area contributed by atoms with Gasteiger partial charge in [0, 0.05) is 27.6 Å². The molecule has 1 atom stereocenters. The van der Waals surface area contributed by atoms with Gasteiger partial charge in [-0.2, -0.15) is 0 Å². The first-order chi connectivity index (χ1) is 8.39. The summed E-state index contributed by atoms with van der Waals surface area (Å²) < 4.78 is 15.4. The summed E-state index contributed by atoms with van der Waals surface area (Å²) in [5, 5.41) is 3.10. The zero-order valence-corrected chi connectivity index (χ0v) is 12.9. The molecule has 0 aromatic heterocycles. The third-order valence-electron chi connectivity index (χ3n) is 2.50. The second kappa shape index (κ2) is 8.68. The number of amides is 1. The maximum Gasteiger partial charge on any atom is 0.217 e. The Bertz CT molecular complexity index is 284. The molecule has 0 saturated heterocycles. The van der Waals surface area contributed by atoms with Crippen molar-refractivity contribution in [2.75, 3.05) is 20.2 Å². The normalized spacial score (nSPS) is 14.1. The minimum Gasteiger partial charge on any atom is -0.474 e. The first kappa shape index (κ1) is 17.6. The Labute approximate surface area is 119 Å². The fourth-order valence-corrected chi connectivity index (χ4v) is 1.99. The number of carbonyl (C=O) groups is 1. The Hall–Kier alpha value is -0.370. The summed E-state index contributed by atoms with van der Waals surface area (Å²) >= 11 is 9.12. The van der Waals surface area contributed by atoms with E-state index < -0.39 is 5.54 Å². The molecule has 1 N–H and O–H groups in total. The van der Waals surface area contributed by atoms with Crippen molar-refractivity contribution in [3.05, 3.63) is 0 Å². The van der Waals surface area contributed by atoms with Gasteiger partial charge in [0.25, 0.3) is 0 Å². The van der Waals surface area contributed by atoms with Crippen LogP contribution in [0, 0.1) is 0 Å². The van der Waals surface area contributed by atoms with Crippen LogP contribution in [0.2, 0.25) is 0 Å². The monoisotopic (exact) mass is 295 g/mol. The highest BCUT2D eigenvalue weighted by Gasteiger charge is 2.32. The van der Waals surface area contributed by atoms with Crippen molar-refractivity contribution in [2.24, 2.45) is 0 Å². The maximum absolute atomic E-state index is 11.2. The molecule has 0 bridgehead atoms. The van der Waals surface area contributed by atoms with E-state index in [2.05, 4.69) is 17.9 Å². The fraction of sp³-hybridized carbons (Fsp3) is 0.818. The highest BCUT2D eigenvalue weighted by atomic mass is 32.1. The van der Waals surface area contributed by atoms with Gasteiger partial charge in [-0.1, -0.05) is 0 Å². The summed E-state index contributed by atoms with van der Waals surface area (Å²) in [6.07, 6.45) is 0.794. The second-order valence-corrected chi connectivity index (χ2v) is 4.64. The molecule has 0 saturated carbocycles. The van der Waals surface area contributed by atoms with Crippen LogP contribution in [0.4, 0.5) is 0 Å². The SMILES string of the molecule is COC(CCC(C)(NC(C)=O)C(=S)OCS)OC. The van der Waals surface area contributed by atoms with Crippen LogP contribution < -0.4 is 5.32 Å². The average Bonchev–Trinajstić information content (AvgIpc) is 2.29. The predicted molar refractivity (Wildman–Crippen MR) is 76.8 cm³/mol. The second-order valence-electron chi connectivity index (χ2n) is 4.01. The number of thiocarbonyl (C=S) groups is 1. The van der Waals surface area contributed by atoms with Gasteiger partial charge in [-0.25, -0.2) is 0 Å². The predicted octanol–water partition coefficient (Wildman–Crippen LogP) is 1.51. The Kier molecular flexibility index (Phi) is 8.51. The van der Waals surface area contributed by atoms with Gasteiger partial charge in [0.2, 0.25) is 5.91 Å². The van der Waals surface area contributed by atoms with Gasteiger partial charge in [-0.15, -0.1) is 12.6 Å². The Balaban J connectivity index is 4.65. The summed E-state index contributed by atoms with van der Waals surface area (Å²) in [5.74, 6) is 0.000387. The summed E-state index contributed by atoms with van der Waals surface area (Å²) in [7, 11) is 3.12. The largest absolute Gasteiger partial charge is 0.474 e. The lowest BCUT2D eigenvalue weighted by Gasteiger charge is -2.31. The molecule has 0 aliphatic rings. The van der Waals surface area contributed by atoms with E-state index >= 15 is 0 Å². The van der Waals surface area contributed by atoms with E-state index in [0.717, 1.165) is 0 Å². The third-order valence-corrected chi connectivity index (χ3v) is 3.20. The van der Waals surface area contributed by atoms with Gasteiger partial charge in [-0.05, 0) is 25.6 Å². The third kappa shape index (κ3) is 5.99. The van der Waals surface area contributed by atoms with Gasteiger partial charge in [-0.3, -0.25) is 4.79 Å². The molecule has 18 heavy (non-hydrogen) atoms. The average molecular weight is 295 g/mol. The maximum atomic E-state index is 11.2. The quantitative estimate of drug-likeness (QED) is 0.404. The molecule has 1 unspecified atom stereocenters. The number of hydrogen-bond donors (Lipinski definition) is 2. The van der Waals surface area contributed by atoms with Crippen LogP contribution in [0.25, 0.3) is 0 Å². The molecule has 0 rings (SSSR count). The van der Waals surface area contributed by atoms with Gasteiger partial charge >= 0.3 is 0 Å². The standard InChI is InChI=1S/C11H21NO4S2/c1-8(13)12-11(2,10(18)16-7-17)6-5-9(14-3)15-4/h9,17H,5-7H2,1-4H3,(H,12,13). The van der Waals surface area contributed by atoms with E-state index in [0.29, 0.717) is 17.9 Å². The van der Waals surface area contributed by atoms with E-state index in [4.69, 9.17) is 26.4 Å². The molecule has 0 aromatic carbocycles. The van der Waals surface area contributed by atoms with Crippen LogP contribution in [0.1, 0.15) is 26.7 Å². The van der Waals surface area contributed by atoms with Crippen LogP contribution in [-0.2, 0) is 19.0 Å². The van der Waals surface area contributed by atoms with E-state index in [9.17, 15) is 4.79 Å². The molecule has 0 fully saturated rings. The van der Waals surface area contributed by atoms with E-state index in [1.165, 1.54) is 6.92 Å². The molecule has 0 radical (unpaired) electrons. The van der Waals surface area contributed by atoms with Crippen molar-refractivity contribution in [3.8, 4) is 0 Å². The van der Waals surface area contributed by atoms with Crippen LogP contribution in [-0.4, -0.2) is 42.9 Å². The number of thiol groups is 1. The number of ether oxygens (including phenoxy) is 3.